The Kier molecular flexibility index (Phi) is 7.02. The van der Waals surface area contributed by atoms with Crippen molar-refractivity contribution in [3.8, 4) is 0 Å². The van der Waals surface area contributed by atoms with E-state index in [1.54, 1.807) is 37.3 Å². The Labute approximate surface area is 196 Å². The Morgan fingerprint density at radius 1 is 1.12 bits per heavy atom. The number of aryl methyl sites for hydroxylation is 1. The Hall–Kier alpha value is -3.59. The van der Waals surface area contributed by atoms with Crippen LogP contribution in [0.3, 0.4) is 0 Å². The van der Waals surface area contributed by atoms with Crippen LogP contribution in [0.2, 0.25) is 0 Å². The molecule has 2 aromatic carbocycles. The molecule has 2 heterocycles. The van der Waals surface area contributed by atoms with E-state index in [1.807, 2.05) is 6.07 Å². The lowest BCUT2D eigenvalue weighted by Gasteiger charge is -2.31. The van der Waals surface area contributed by atoms with Crippen LogP contribution < -0.4 is 16.2 Å². The van der Waals surface area contributed by atoms with E-state index in [1.165, 1.54) is 17.8 Å². The van der Waals surface area contributed by atoms with E-state index >= 15 is 0 Å². The third kappa shape index (κ3) is 4.99. The van der Waals surface area contributed by atoms with Gasteiger partial charge in [-0.15, -0.1) is 0 Å². The van der Waals surface area contributed by atoms with E-state index in [9.17, 15) is 18.8 Å². The number of hydrogen-bond donors (Lipinski definition) is 2. The SMILES string of the molecule is CNC(=O)c1nn(CN2CCC(C(=O)NCc3ccc(C)c(F)c3)CC2)c(=O)c2ccccc12. The van der Waals surface area contributed by atoms with Gasteiger partial charge in [-0.25, -0.2) is 9.07 Å². The van der Waals surface area contributed by atoms with Gasteiger partial charge in [0.05, 0.1) is 12.1 Å². The second kappa shape index (κ2) is 10.1. The minimum absolute atomic E-state index is 0.0523. The monoisotopic (exact) mass is 465 g/mol. The summed E-state index contributed by atoms with van der Waals surface area (Å²) in [5.41, 5.74) is 1.25. The number of piperidine rings is 1. The van der Waals surface area contributed by atoms with Gasteiger partial charge in [-0.2, -0.15) is 5.10 Å². The van der Waals surface area contributed by atoms with Crippen molar-refractivity contribution in [3.63, 3.8) is 0 Å². The number of amides is 2. The molecule has 0 saturated carbocycles. The molecule has 4 rings (SSSR count). The number of nitrogens with one attached hydrogen (secondary N) is 2. The smallest absolute Gasteiger partial charge is 0.275 e. The summed E-state index contributed by atoms with van der Waals surface area (Å²) in [7, 11) is 1.53. The van der Waals surface area contributed by atoms with Crippen molar-refractivity contribution in [2.24, 2.45) is 5.92 Å². The van der Waals surface area contributed by atoms with E-state index in [-0.39, 0.29) is 48.0 Å². The van der Waals surface area contributed by atoms with Crippen LogP contribution in [0, 0.1) is 18.7 Å². The zero-order chi connectivity index (χ0) is 24.2. The van der Waals surface area contributed by atoms with Crippen molar-refractivity contribution < 1.29 is 14.0 Å². The zero-order valence-electron chi connectivity index (χ0n) is 19.3. The summed E-state index contributed by atoms with van der Waals surface area (Å²) in [6.07, 6.45) is 1.28. The van der Waals surface area contributed by atoms with E-state index in [4.69, 9.17) is 0 Å². The van der Waals surface area contributed by atoms with Gasteiger partial charge in [0.2, 0.25) is 5.91 Å². The number of halogens is 1. The normalized spacial score (nSPS) is 14.8. The van der Waals surface area contributed by atoms with Crippen LogP contribution in [0.1, 0.15) is 34.5 Å². The summed E-state index contributed by atoms with van der Waals surface area (Å²) < 4.78 is 15.0. The van der Waals surface area contributed by atoms with Gasteiger partial charge < -0.3 is 10.6 Å². The number of nitrogens with zero attached hydrogens (tertiary/aromatic N) is 3. The first-order valence-electron chi connectivity index (χ1n) is 11.3. The van der Waals surface area contributed by atoms with Crippen LogP contribution in [-0.4, -0.2) is 46.6 Å². The number of benzene rings is 2. The molecule has 1 saturated heterocycles. The Morgan fingerprint density at radius 2 is 1.82 bits per heavy atom. The first-order valence-corrected chi connectivity index (χ1v) is 11.3. The number of carbonyl (C=O) groups excluding carboxylic acids is 2. The molecular formula is C25H28FN5O3. The minimum atomic E-state index is -0.353. The second-order valence-electron chi connectivity index (χ2n) is 8.61. The van der Waals surface area contributed by atoms with Crippen LogP contribution in [0.5, 0.6) is 0 Å². The number of carbonyl (C=O) groups is 2. The van der Waals surface area contributed by atoms with Crippen molar-refractivity contribution in [2.45, 2.75) is 33.0 Å². The van der Waals surface area contributed by atoms with Crippen molar-refractivity contribution in [1.82, 2.24) is 25.3 Å². The molecule has 0 radical (unpaired) electrons. The third-order valence-corrected chi connectivity index (χ3v) is 6.31. The summed E-state index contributed by atoms with van der Waals surface area (Å²) in [4.78, 5) is 39.9. The van der Waals surface area contributed by atoms with E-state index in [0.717, 1.165) is 5.56 Å². The maximum atomic E-state index is 13.7. The minimum Gasteiger partial charge on any atom is -0.354 e. The molecule has 0 aliphatic carbocycles. The number of hydrogen-bond acceptors (Lipinski definition) is 5. The van der Waals surface area contributed by atoms with Crippen LogP contribution in [-0.2, 0) is 18.0 Å². The molecule has 1 fully saturated rings. The van der Waals surface area contributed by atoms with Crippen LogP contribution in [0.25, 0.3) is 10.8 Å². The first-order chi connectivity index (χ1) is 16.4. The molecule has 34 heavy (non-hydrogen) atoms. The fourth-order valence-electron chi connectivity index (χ4n) is 4.22. The fraction of sp³-hybridized carbons (Fsp3) is 0.360. The summed E-state index contributed by atoms with van der Waals surface area (Å²) >= 11 is 0. The number of likely N-dealkylation sites (tertiary alicyclic amines) is 1. The van der Waals surface area contributed by atoms with E-state index in [0.29, 0.717) is 42.3 Å². The molecule has 1 aliphatic rings. The van der Waals surface area contributed by atoms with Crippen molar-refractivity contribution in [3.05, 3.63) is 75.5 Å². The summed E-state index contributed by atoms with van der Waals surface area (Å²) in [6, 6.07) is 11.9. The average molecular weight is 466 g/mol. The predicted molar refractivity (Wildman–Crippen MR) is 127 cm³/mol. The van der Waals surface area contributed by atoms with Crippen LogP contribution in [0.4, 0.5) is 4.39 Å². The molecule has 1 aromatic heterocycles. The lowest BCUT2D eigenvalue weighted by molar-refractivity contribution is -0.126. The fourth-order valence-corrected chi connectivity index (χ4v) is 4.22. The van der Waals surface area contributed by atoms with Gasteiger partial charge in [-0.1, -0.05) is 30.3 Å². The van der Waals surface area contributed by atoms with Gasteiger partial charge in [0, 0.05) is 38.0 Å². The maximum Gasteiger partial charge on any atom is 0.275 e. The topological polar surface area (TPSA) is 96.3 Å². The van der Waals surface area contributed by atoms with Gasteiger partial charge in [-0.05, 0) is 43.0 Å². The largest absolute Gasteiger partial charge is 0.354 e. The molecule has 2 amide bonds. The van der Waals surface area contributed by atoms with Gasteiger partial charge in [0.25, 0.3) is 11.5 Å². The Bertz CT molecular complexity index is 1280. The van der Waals surface area contributed by atoms with Gasteiger partial charge in [0.15, 0.2) is 5.69 Å². The highest BCUT2D eigenvalue weighted by molar-refractivity contribution is 6.04. The van der Waals surface area contributed by atoms with Gasteiger partial charge >= 0.3 is 0 Å². The van der Waals surface area contributed by atoms with Crippen molar-refractivity contribution in [1.29, 1.82) is 0 Å². The zero-order valence-corrected chi connectivity index (χ0v) is 19.3. The summed E-state index contributed by atoms with van der Waals surface area (Å²) in [5, 5.41) is 10.8. The highest BCUT2D eigenvalue weighted by Crippen LogP contribution is 2.19. The number of rotatable bonds is 6. The number of fused-ring (bicyclic) bond motifs is 1. The molecule has 9 heteroatoms. The summed E-state index contributed by atoms with van der Waals surface area (Å²) in [5.74, 6) is -0.830. The van der Waals surface area contributed by atoms with E-state index in [2.05, 4.69) is 20.6 Å². The number of aromatic nitrogens is 2. The lowest BCUT2D eigenvalue weighted by atomic mass is 9.96. The highest BCUT2D eigenvalue weighted by Gasteiger charge is 2.26. The quantitative estimate of drug-likeness (QED) is 0.582. The lowest BCUT2D eigenvalue weighted by Crippen LogP contribution is -2.43. The van der Waals surface area contributed by atoms with Gasteiger partial charge in [0.1, 0.15) is 5.82 Å². The van der Waals surface area contributed by atoms with Crippen molar-refractivity contribution in [2.75, 3.05) is 20.1 Å². The van der Waals surface area contributed by atoms with E-state index < -0.39 is 0 Å². The highest BCUT2D eigenvalue weighted by atomic mass is 19.1. The van der Waals surface area contributed by atoms with Gasteiger partial charge in [-0.3, -0.25) is 19.3 Å². The molecule has 0 unspecified atom stereocenters. The predicted octanol–water partition coefficient (Wildman–Crippen LogP) is 2.19. The molecule has 8 nitrogen and oxygen atoms in total. The first kappa shape index (κ1) is 23.6. The molecule has 0 atom stereocenters. The average Bonchev–Trinajstić information content (AvgIpc) is 2.86. The summed E-state index contributed by atoms with van der Waals surface area (Å²) in [6.45, 7) is 3.47. The molecule has 2 N–H and O–H groups in total. The second-order valence-corrected chi connectivity index (χ2v) is 8.61. The molecular weight excluding hydrogens is 437 g/mol. The standard InChI is InChI=1S/C25H28FN5O3/c1-16-7-8-17(13-21(16)26)14-28-23(32)18-9-11-30(12-10-18)15-31-25(34)20-6-4-3-5-19(20)22(29-31)24(33)27-2/h3-8,13,18H,9-12,14-15H2,1-2H3,(H,27,33)(H,28,32). The third-order valence-electron chi connectivity index (χ3n) is 6.31. The van der Waals surface area contributed by atoms with Crippen molar-refractivity contribution >= 4 is 22.6 Å². The van der Waals surface area contributed by atoms with Crippen LogP contribution in [0.15, 0.2) is 47.3 Å². The molecule has 0 bridgehead atoms. The molecule has 3 aromatic rings. The molecule has 1 aliphatic heterocycles. The Morgan fingerprint density at radius 3 is 2.50 bits per heavy atom. The maximum absolute atomic E-state index is 13.7. The molecule has 0 spiro atoms. The van der Waals surface area contributed by atoms with Crippen LogP contribution >= 0.6 is 0 Å². The molecule has 178 valence electrons. The Balaban J connectivity index is 1.39.